The number of carbonyl (C=O) groups excluding carboxylic acids is 1. The normalized spacial score (nSPS) is 19.9. The van der Waals surface area contributed by atoms with Crippen molar-refractivity contribution in [2.75, 3.05) is 19.6 Å². The molecule has 1 aliphatic rings. The van der Waals surface area contributed by atoms with Gasteiger partial charge < -0.3 is 9.80 Å². The van der Waals surface area contributed by atoms with Gasteiger partial charge in [0.25, 0.3) is 0 Å². The average Bonchev–Trinajstić information content (AvgIpc) is 2.68. The van der Waals surface area contributed by atoms with E-state index in [-0.39, 0.29) is 6.03 Å². The molecule has 3 heteroatoms. The predicted octanol–water partition coefficient (Wildman–Crippen LogP) is 3.88. The predicted molar refractivity (Wildman–Crippen MR) is 76.8 cm³/mol. The fraction of sp³-hybridized carbons (Fsp3) is 0.933. The summed E-state index contributed by atoms with van der Waals surface area (Å²) in [4.78, 5) is 16.5. The van der Waals surface area contributed by atoms with Crippen molar-refractivity contribution in [2.24, 2.45) is 0 Å². The number of amides is 2. The number of rotatable bonds is 9. The molecular weight excluding hydrogens is 224 g/mol. The van der Waals surface area contributed by atoms with Gasteiger partial charge in [0, 0.05) is 19.6 Å². The second-order valence-corrected chi connectivity index (χ2v) is 5.43. The van der Waals surface area contributed by atoms with Crippen LogP contribution in [0, 0.1) is 0 Å². The van der Waals surface area contributed by atoms with Crippen LogP contribution in [0.25, 0.3) is 0 Å². The van der Waals surface area contributed by atoms with Crippen LogP contribution >= 0.6 is 0 Å². The van der Waals surface area contributed by atoms with Gasteiger partial charge in [0.1, 0.15) is 0 Å². The maximum absolute atomic E-state index is 12.3. The Morgan fingerprint density at radius 1 is 1.00 bits per heavy atom. The van der Waals surface area contributed by atoms with Crippen LogP contribution in [-0.4, -0.2) is 41.5 Å². The maximum Gasteiger partial charge on any atom is 0.320 e. The first-order chi connectivity index (χ1) is 8.74. The Hall–Kier alpha value is -0.730. The van der Waals surface area contributed by atoms with Crippen LogP contribution in [0.1, 0.15) is 65.7 Å². The van der Waals surface area contributed by atoms with Gasteiger partial charge in [0.05, 0.1) is 6.04 Å². The minimum atomic E-state index is 0.290. The van der Waals surface area contributed by atoms with Gasteiger partial charge in [-0.1, -0.05) is 46.5 Å². The van der Waals surface area contributed by atoms with Crippen molar-refractivity contribution >= 4 is 6.03 Å². The Morgan fingerprint density at radius 2 is 1.61 bits per heavy atom. The molecule has 0 aromatic carbocycles. The van der Waals surface area contributed by atoms with Gasteiger partial charge in [0.2, 0.25) is 0 Å². The number of urea groups is 1. The maximum atomic E-state index is 12.3. The van der Waals surface area contributed by atoms with Gasteiger partial charge in [-0.05, 0) is 19.3 Å². The molecule has 0 N–H and O–H groups in total. The molecule has 1 rings (SSSR count). The van der Waals surface area contributed by atoms with E-state index in [4.69, 9.17) is 0 Å². The van der Waals surface area contributed by atoms with Gasteiger partial charge >= 0.3 is 6.03 Å². The Bertz CT molecular complexity index is 243. The van der Waals surface area contributed by atoms with Crippen molar-refractivity contribution in [1.29, 1.82) is 0 Å². The summed E-state index contributed by atoms with van der Waals surface area (Å²) in [5, 5.41) is 0. The van der Waals surface area contributed by atoms with E-state index in [0.29, 0.717) is 6.04 Å². The highest BCUT2D eigenvalue weighted by Crippen LogP contribution is 2.21. The lowest BCUT2D eigenvalue weighted by atomic mass is 10.1. The number of unbranched alkanes of at least 4 members (excludes halogenated alkanes) is 3. The molecule has 1 heterocycles. The van der Waals surface area contributed by atoms with Crippen molar-refractivity contribution in [2.45, 2.75) is 71.8 Å². The van der Waals surface area contributed by atoms with Gasteiger partial charge in [0.15, 0.2) is 0 Å². The highest BCUT2D eigenvalue weighted by Gasteiger charge is 2.35. The smallest absolute Gasteiger partial charge is 0.320 e. The van der Waals surface area contributed by atoms with Gasteiger partial charge in [-0.15, -0.1) is 0 Å². The molecule has 0 spiro atoms. The van der Waals surface area contributed by atoms with Crippen molar-refractivity contribution in [1.82, 2.24) is 9.80 Å². The third kappa shape index (κ3) is 4.18. The molecule has 1 unspecified atom stereocenters. The summed E-state index contributed by atoms with van der Waals surface area (Å²) in [7, 11) is 0. The molecule has 0 radical (unpaired) electrons. The fourth-order valence-electron chi connectivity index (χ4n) is 2.60. The second-order valence-electron chi connectivity index (χ2n) is 5.43. The molecule has 0 aliphatic carbocycles. The molecule has 0 saturated carbocycles. The highest BCUT2D eigenvalue weighted by atomic mass is 16.2. The Balaban J connectivity index is 2.53. The first kappa shape index (κ1) is 15.3. The van der Waals surface area contributed by atoms with Crippen LogP contribution in [0.4, 0.5) is 4.79 Å². The molecule has 1 saturated heterocycles. The molecule has 0 bridgehead atoms. The van der Waals surface area contributed by atoms with Gasteiger partial charge in [-0.25, -0.2) is 4.79 Å². The summed E-state index contributed by atoms with van der Waals surface area (Å²) in [5.41, 5.74) is 0. The monoisotopic (exact) mass is 254 g/mol. The highest BCUT2D eigenvalue weighted by molar-refractivity contribution is 5.77. The standard InChI is InChI=1S/C15H30N2O/c1-4-7-10-14-13-16(11-8-5-2)15(18)17(14)12-9-6-3/h14H,4-13H2,1-3H3. The molecule has 1 atom stereocenters. The van der Waals surface area contributed by atoms with E-state index in [1.54, 1.807) is 0 Å². The van der Waals surface area contributed by atoms with Gasteiger partial charge in [-0.2, -0.15) is 0 Å². The molecule has 2 amide bonds. The zero-order chi connectivity index (χ0) is 13.4. The third-order valence-electron chi connectivity index (χ3n) is 3.81. The Labute approximate surface area is 113 Å². The van der Waals surface area contributed by atoms with Crippen LogP contribution in [-0.2, 0) is 0 Å². The minimum absolute atomic E-state index is 0.290. The van der Waals surface area contributed by atoms with E-state index in [1.165, 1.54) is 32.1 Å². The van der Waals surface area contributed by atoms with Crippen LogP contribution < -0.4 is 0 Å². The largest absolute Gasteiger partial charge is 0.323 e. The number of carbonyl (C=O) groups is 1. The van der Waals surface area contributed by atoms with Crippen molar-refractivity contribution in [3.63, 3.8) is 0 Å². The van der Waals surface area contributed by atoms with Crippen molar-refractivity contribution in [3.05, 3.63) is 0 Å². The zero-order valence-electron chi connectivity index (χ0n) is 12.5. The SMILES string of the molecule is CCCCC1CN(CCCC)C(=O)N1CCCC. The summed E-state index contributed by atoms with van der Waals surface area (Å²) in [6.07, 6.45) is 8.24. The van der Waals surface area contributed by atoms with Crippen molar-refractivity contribution < 1.29 is 4.79 Å². The zero-order valence-corrected chi connectivity index (χ0v) is 12.5. The molecule has 1 aliphatic heterocycles. The summed E-state index contributed by atoms with van der Waals surface area (Å²) in [5.74, 6) is 0. The van der Waals surface area contributed by atoms with E-state index in [0.717, 1.165) is 32.5 Å². The summed E-state index contributed by atoms with van der Waals surface area (Å²) < 4.78 is 0. The molecule has 106 valence electrons. The molecule has 0 aromatic rings. The van der Waals surface area contributed by atoms with Crippen molar-refractivity contribution in [3.8, 4) is 0 Å². The number of hydrogen-bond donors (Lipinski definition) is 0. The molecule has 18 heavy (non-hydrogen) atoms. The van der Waals surface area contributed by atoms with E-state index in [9.17, 15) is 4.79 Å². The molecule has 0 aromatic heterocycles. The topological polar surface area (TPSA) is 23.6 Å². The lowest BCUT2D eigenvalue weighted by Gasteiger charge is -2.22. The van der Waals surface area contributed by atoms with E-state index in [1.807, 2.05) is 0 Å². The van der Waals surface area contributed by atoms with E-state index >= 15 is 0 Å². The summed E-state index contributed by atoms with van der Waals surface area (Å²) >= 11 is 0. The van der Waals surface area contributed by atoms with Crippen LogP contribution in [0.15, 0.2) is 0 Å². The summed E-state index contributed by atoms with van der Waals surface area (Å²) in [6, 6.07) is 0.763. The fourth-order valence-corrected chi connectivity index (χ4v) is 2.60. The van der Waals surface area contributed by atoms with Crippen LogP contribution in [0.2, 0.25) is 0 Å². The first-order valence-electron chi connectivity index (χ1n) is 7.80. The number of nitrogens with zero attached hydrogens (tertiary/aromatic N) is 2. The van der Waals surface area contributed by atoms with E-state index < -0.39 is 0 Å². The molecule has 3 nitrogen and oxygen atoms in total. The minimum Gasteiger partial charge on any atom is -0.323 e. The Morgan fingerprint density at radius 3 is 2.22 bits per heavy atom. The quantitative estimate of drug-likeness (QED) is 0.612. The lowest BCUT2D eigenvalue weighted by molar-refractivity contribution is 0.183. The van der Waals surface area contributed by atoms with Gasteiger partial charge in [-0.3, -0.25) is 0 Å². The summed E-state index contributed by atoms with van der Waals surface area (Å²) in [6.45, 7) is 9.46. The second kappa shape index (κ2) is 8.39. The average molecular weight is 254 g/mol. The Kier molecular flexibility index (Phi) is 7.14. The molecular formula is C15H30N2O. The lowest BCUT2D eigenvalue weighted by Crippen LogP contribution is -2.36. The van der Waals surface area contributed by atoms with Crippen LogP contribution in [0.5, 0.6) is 0 Å². The van der Waals surface area contributed by atoms with Crippen LogP contribution in [0.3, 0.4) is 0 Å². The third-order valence-corrected chi connectivity index (χ3v) is 3.81. The van der Waals surface area contributed by atoms with E-state index in [2.05, 4.69) is 30.6 Å². The first-order valence-corrected chi connectivity index (χ1v) is 7.80. The molecule has 1 fully saturated rings. The number of hydrogen-bond acceptors (Lipinski definition) is 1.